The Hall–Kier alpha value is -2.72. The van der Waals surface area contributed by atoms with Gasteiger partial charge in [0.05, 0.1) is 23.8 Å². The number of hydrogen-bond donors (Lipinski definition) is 0. The largest absolute Gasteiger partial charge is 0.380 e. The lowest BCUT2D eigenvalue weighted by Gasteiger charge is -2.01. The van der Waals surface area contributed by atoms with Gasteiger partial charge < -0.3 is 9.30 Å². The van der Waals surface area contributed by atoms with Crippen molar-refractivity contribution < 1.29 is 4.74 Å². The smallest absolute Gasteiger partial charge is 0.108 e. The predicted octanol–water partition coefficient (Wildman–Crippen LogP) is 5.29. The van der Waals surface area contributed by atoms with E-state index in [2.05, 4.69) is 20.6 Å². The molecule has 4 rings (SSSR count). The van der Waals surface area contributed by atoms with Crippen LogP contribution in [0.1, 0.15) is 25.2 Å². The van der Waals surface area contributed by atoms with Crippen molar-refractivity contribution in [2.24, 2.45) is 7.05 Å². The maximum atomic E-state index is 4.93. The van der Waals surface area contributed by atoms with Crippen molar-refractivity contribution in [3.63, 3.8) is 0 Å². The zero-order chi connectivity index (χ0) is 18.9. The van der Waals surface area contributed by atoms with E-state index in [-0.39, 0.29) is 0 Å². The number of rotatable bonds is 2. The highest BCUT2D eigenvalue weighted by Crippen LogP contribution is 2.23. The molecule has 4 heteroatoms. The van der Waals surface area contributed by atoms with E-state index in [1.807, 2.05) is 82.5 Å². The summed E-state index contributed by atoms with van der Waals surface area (Å²) in [7, 11) is 3.74. The predicted molar refractivity (Wildman–Crippen MR) is 109 cm³/mol. The van der Waals surface area contributed by atoms with E-state index in [0.29, 0.717) is 6.61 Å². The fraction of sp³-hybridized carbons (Fsp3) is 0.273. The minimum absolute atomic E-state index is 0.709. The van der Waals surface area contributed by atoms with Crippen LogP contribution in [0.25, 0.3) is 21.9 Å². The third-order valence-corrected chi connectivity index (χ3v) is 3.98. The molecule has 4 aromatic rings. The molecule has 0 radical (unpaired) electrons. The summed E-state index contributed by atoms with van der Waals surface area (Å²) in [5, 5.41) is 1.16. The standard InChI is InChI=1S/C12H11N3.C8H10O.C2H6/c1-8-14-11-7-13-10-6-4-3-5-9(10)12(11)15(8)2;1-9-7-8-5-3-2-4-6-8;1-2/h3-7H,1-2H3;2-6H,7H2,1H3;1-2H3. The Labute approximate surface area is 155 Å². The molecule has 0 atom stereocenters. The van der Waals surface area contributed by atoms with Crippen LogP contribution in [0, 0.1) is 6.92 Å². The topological polar surface area (TPSA) is 39.9 Å². The van der Waals surface area contributed by atoms with Crippen molar-refractivity contribution in [1.82, 2.24) is 14.5 Å². The number of imidazole rings is 1. The van der Waals surface area contributed by atoms with Gasteiger partial charge in [-0.2, -0.15) is 0 Å². The van der Waals surface area contributed by atoms with E-state index in [4.69, 9.17) is 4.74 Å². The molecule has 0 aliphatic rings. The minimum atomic E-state index is 0.709. The molecule has 2 aromatic carbocycles. The molecule has 136 valence electrons. The molecule has 0 amide bonds. The number of para-hydroxylation sites is 1. The van der Waals surface area contributed by atoms with E-state index in [0.717, 1.165) is 27.8 Å². The van der Waals surface area contributed by atoms with Crippen molar-refractivity contribution >= 4 is 21.9 Å². The molecule has 26 heavy (non-hydrogen) atoms. The molecular formula is C22H27N3O. The highest BCUT2D eigenvalue weighted by molar-refractivity contribution is 6.02. The van der Waals surface area contributed by atoms with E-state index < -0.39 is 0 Å². The van der Waals surface area contributed by atoms with Crippen molar-refractivity contribution in [3.8, 4) is 0 Å². The van der Waals surface area contributed by atoms with E-state index in [1.54, 1.807) is 7.11 Å². The Morgan fingerprint density at radius 2 is 1.58 bits per heavy atom. The number of nitrogens with zero attached hydrogens (tertiary/aromatic N) is 3. The lowest BCUT2D eigenvalue weighted by atomic mass is 10.2. The van der Waals surface area contributed by atoms with Crippen molar-refractivity contribution in [2.45, 2.75) is 27.4 Å². The van der Waals surface area contributed by atoms with Crippen molar-refractivity contribution in [2.75, 3.05) is 7.11 Å². The van der Waals surface area contributed by atoms with Gasteiger partial charge in [0.25, 0.3) is 0 Å². The molecular weight excluding hydrogens is 322 g/mol. The van der Waals surface area contributed by atoms with Gasteiger partial charge in [0.1, 0.15) is 11.3 Å². The van der Waals surface area contributed by atoms with E-state index >= 15 is 0 Å². The number of fused-ring (bicyclic) bond motifs is 3. The molecule has 0 unspecified atom stereocenters. The van der Waals surface area contributed by atoms with Crippen LogP contribution in [0.15, 0.2) is 60.8 Å². The van der Waals surface area contributed by atoms with Crippen LogP contribution in [-0.4, -0.2) is 21.6 Å². The van der Waals surface area contributed by atoms with Gasteiger partial charge in [0.15, 0.2) is 0 Å². The van der Waals surface area contributed by atoms with Crippen LogP contribution in [0.2, 0.25) is 0 Å². The highest BCUT2D eigenvalue weighted by atomic mass is 16.5. The summed E-state index contributed by atoms with van der Waals surface area (Å²) in [5.74, 6) is 1.02. The first-order valence-corrected chi connectivity index (χ1v) is 8.90. The Morgan fingerprint density at radius 3 is 2.27 bits per heavy atom. The Bertz CT molecular complexity index is 946. The number of ether oxygens (including phenoxy) is 1. The quantitative estimate of drug-likeness (QED) is 0.494. The molecule has 0 saturated carbocycles. The van der Waals surface area contributed by atoms with Gasteiger partial charge >= 0.3 is 0 Å². The summed E-state index contributed by atoms with van der Waals surface area (Å²) in [6, 6.07) is 18.3. The molecule has 0 N–H and O–H groups in total. The summed E-state index contributed by atoms with van der Waals surface area (Å²) in [5.41, 5.74) is 4.37. The average Bonchev–Trinajstić information content (AvgIpc) is 2.99. The van der Waals surface area contributed by atoms with Crippen LogP contribution in [0.5, 0.6) is 0 Å². The van der Waals surface area contributed by atoms with Crippen LogP contribution in [0.3, 0.4) is 0 Å². The van der Waals surface area contributed by atoms with Crippen LogP contribution in [-0.2, 0) is 18.4 Å². The first kappa shape index (κ1) is 19.6. The second-order valence-corrected chi connectivity index (χ2v) is 5.65. The van der Waals surface area contributed by atoms with Gasteiger partial charge in [-0.25, -0.2) is 4.98 Å². The number of aryl methyl sites for hydroxylation is 2. The highest BCUT2D eigenvalue weighted by Gasteiger charge is 2.07. The second-order valence-electron chi connectivity index (χ2n) is 5.65. The first-order chi connectivity index (χ1) is 12.7. The Balaban J connectivity index is 0.000000190. The molecule has 2 aromatic heterocycles. The molecule has 0 saturated heterocycles. The third-order valence-electron chi connectivity index (χ3n) is 3.98. The SMILES string of the molecule is CC.COCc1ccccc1.Cc1nc2cnc3ccccc3c2n1C. The van der Waals surface area contributed by atoms with Gasteiger partial charge in [-0.3, -0.25) is 4.98 Å². The molecule has 0 aliphatic carbocycles. The molecule has 4 nitrogen and oxygen atoms in total. The van der Waals surface area contributed by atoms with Crippen molar-refractivity contribution in [1.29, 1.82) is 0 Å². The monoisotopic (exact) mass is 349 g/mol. The summed E-state index contributed by atoms with van der Waals surface area (Å²) in [6.45, 7) is 6.72. The first-order valence-electron chi connectivity index (χ1n) is 8.90. The number of aromatic nitrogens is 3. The fourth-order valence-electron chi connectivity index (χ4n) is 2.70. The summed E-state index contributed by atoms with van der Waals surface area (Å²) in [6.07, 6.45) is 1.84. The van der Waals surface area contributed by atoms with Crippen molar-refractivity contribution in [3.05, 3.63) is 72.2 Å². The minimum Gasteiger partial charge on any atom is -0.380 e. The number of hydrogen-bond acceptors (Lipinski definition) is 3. The maximum absolute atomic E-state index is 4.93. The summed E-state index contributed by atoms with van der Waals surface area (Å²) < 4.78 is 7.04. The van der Waals surface area contributed by atoms with Crippen LogP contribution >= 0.6 is 0 Å². The fourth-order valence-corrected chi connectivity index (χ4v) is 2.70. The molecule has 0 bridgehead atoms. The van der Waals surface area contributed by atoms with E-state index in [9.17, 15) is 0 Å². The maximum Gasteiger partial charge on any atom is 0.108 e. The number of benzene rings is 2. The van der Waals surface area contributed by atoms with Gasteiger partial charge in [0, 0.05) is 19.5 Å². The average molecular weight is 349 g/mol. The molecule has 2 heterocycles. The summed E-state index contributed by atoms with van der Waals surface area (Å²) >= 11 is 0. The zero-order valence-electron chi connectivity index (χ0n) is 16.2. The summed E-state index contributed by atoms with van der Waals surface area (Å²) in [4.78, 5) is 8.85. The van der Waals surface area contributed by atoms with Gasteiger partial charge in [-0.15, -0.1) is 0 Å². The second kappa shape index (κ2) is 9.68. The molecule has 0 spiro atoms. The third kappa shape index (κ3) is 4.46. The van der Waals surface area contributed by atoms with E-state index in [1.165, 1.54) is 5.56 Å². The Morgan fingerprint density at radius 1 is 0.923 bits per heavy atom. The number of methoxy groups -OCH3 is 1. The van der Waals surface area contributed by atoms with Gasteiger partial charge in [-0.05, 0) is 18.6 Å². The molecule has 0 aliphatic heterocycles. The lowest BCUT2D eigenvalue weighted by Crippen LogP contribution is -1.91. The van der Waals surface area contributed by atoms with Crippen LogP contribution < -0.4 is 0 Å². The normalized spacial score (nSPS) is 10.0. The number of pyridine rings is 1. The van der Waals surface area contributed by atoms with Gasteiger partial charge in [0.2, 0.25) is 0 Å². The zero-order valence-corrected chi connectivity index (χ0v) is 16.2. The van der Waals surface area contributed by atoms with Crippen LogP contribution in [0.4, 0.5) is 0 Å². The molecule has 0 fully saturated rings. The lowest BCUT2D eigenvalue weighted by molar-refractivity contribution is 0.185. The Kier molecular flexibility index (Phi) is 7.30. The van der Waals surface area contributed by atoms with Gasteiger partial charge in [-0.1, -0.05) is 62.4 Å².